The molecule has 0 aliphatic carbocycles. The second-order valence-electron chi connectivity index (χ2n) is 6.13. The van der Waals surface area contributed by atoms with Crippen LogP contribution in [-0.4, -0.2) is 31.2 Å². The van der Waals surface area contributed by atoms with Crippen LogP contribution < -0.4 is 16.0 Å². The van der Waals surface area contributed by atoms with E-state index in [1.54, 1.807) is 6.92 Å². The fourth-order valence-corrected chi connectivity index (χ4v) is 3.04. The zero-order chi connectivity index (χ0) is 18.4. The molecule has 1 aromatic rings. The summed E-state index contributed by atoms with van der Waals surface area (Å²) in [5, 5.41) is 8.93. The molecule has 0 radical (unpaired) electrons. The SMILES string of the molecule is CCOC(=O)C1=C(CN[C@@H](C)c2ccccc2C)NC(=O)N[C@@H]1CC. The molecule has 0 fully saturated rings. The molecule has 2 rings (SSSR count). The lowest BCUT2D eigenvalue weighted by molar-refractivity contribution is -0.139. The number of urea groups is 1. The molecule has 136 valence electrons. The van der Waals surface area contributed by atoms with Crippen molar-refractivity contribution in [3.63, 3.8) is 0 Å². The highest BCUT2D eigenvalue weighted by molar-refractivity contribution is 5.94. The minimum absolute atomic E-state index is 0.0870. The number of carbonyl (C=O) groups is 2. The van der Waals surface area contributed by atoms with Gasteiger partial charge in [0.05, 0.1) is 18.2 Å². The second-order valence-corrected chi connectivity index (χ2v) is 6.13. The molecule has 0 spiro atoms. The Morgan fingerprint density at radius 1 is 1.32 bits per heavy atom. The quantitative estimate of drug-likeness (QED) is 0.664. The van der Waals surface area contributed by atoms with Crippen molar-refractivity contribution in [3.05, 3.63) is 46.7 Å². The van der Waals surface area contributed by atoms with Crippen molar-refractivity contribution in [2.45, 2.75) is 46.2 Å². The predicted octanol–water partition coefficient (Wildman–Crippen LogP) is 2.55. The summed E-state index contributed by atoms with van der Waals surface area (Å²) in [6, 6.07) is 7.61. The first-order valence-electron chi connectivity index (χ1n) is 8.74. The van der Waals surface area contributed by atoms with E-state index in [4.69, 9.17) is 4.74 Å². The van der Waals surface area contributed by atoms with E-state index in [0.29, 0.717) is 30.8 Å². The second kappa shape index (κ2) is 8.67. The first-order valence-corrected chi connectivity index (χ1v) is 8.74. The molecule has 2 amide bonds. The molecular weight excluding hydrogens is 318 g/mol. The van der Waals surface area contributed by atoms with Crippen molar-refractivity contribution < 1.29 is 14.3 Å². The Bertz CT molecular complexity index is 670. The fraction of sp³-hybridized carbons (Fsp3) is 0.474. The number of amides is 2. The number of esters is 1. The molecule has 0 bridgehead atoms. The molecule has 6 heteroatoms. The fourth-order valence-electron chi connectivity index (χ4n) is 3.04. The van der Waals surface area contributed by atoms with Gasteiger partial charge in [-0.05, 0) is 38.3 Å². The zero-order valence-electron chi connectivity index (χ0n) is 15.3. The third kappa shape index (κ3) is 4.60. The standard InChI is InChI=1S/C19H27N3O3/c1-5-15-17(18(23)25-6-2)16(22-19(24)21-15)11-20-13(4)14-10-8-7-9-12(14)3/h7-10,13,15,20H,5-6,11H2,1-4H3,(H2,21,22,24)/t13-,15+/m0/s1. The van der Waals surface area contributed by atoms with Gasteiger partial charge in [-0.2, -0.15) is 0 Å². The van der Waals surface area contributed by atoms with Crippen molar-refractivity contribution in [2.24, 2.45) is 0 Å². The molecule has 1 aliphatic rings. The molecule has 1 heterocycles. The van der Waals surface area contributed by atoms with Gasteiger partial charge < -0.3 is 20.7 Å². The van der Waals surface area contributed by atoms with Crippen molar-refractivity contribution >= 4 is 12.0 Å². The third-order valence-electron chi connectivity index (χ3n) is 4.39. The summed E-state index contributed by atoms with van der Waals surface area (Å²) in [5.74, 6) is -0.387. The summed E-state index contributed by atoms with van der Waals surface area (Å²) in [6.45, 7) is 8.51. The summed E-state index contributed by atoms with van der Waals surface area (Å²) >= 11 is 0. The van der Waals surface area contributed by atoms with E-state index in [2.05, 4.69) is 41.9 Å². The normalized spacial score (nSPS) is 18.4. The Morgan fingerprint density at radius 2 is 2.04 bits per heavy atom. The Labute approximate surface area is 149 Å². The van der Waals surface area contributed by atoms with Gasteiger partial charge in [0.1, 0.15) is 0 Å². The van der Waals surface area contributed by atoms with Gasteiger partial charge in [0.15, 0.2) is 0 Å². The van der Waals surface area contributed by atoms with Crippen molar-refractivity contribution in [2.75, 3.05) is 13.2 Å². The maximum atomic E-state index is 12.4. The van der Waals surface area contributed by atoms with Crippen LogP contribution in [0.4, 0.5) is 4.79 Å². The number of nitrogens with one attached hydrogen (secondary N) is 3. The Hall–Kier alpha value is -2.34. The zero-order valence-corrected chi connectivity index (χ0v) is 15.3. The Kier molecular flexibility index (Phi) is 6.58. The van der Waals surface area contributed by atoms with Gasteiger partial charge in [0.25, 0.3) is 0 Å². The van der Waals surface area contributed by atoms with Crippen LogP contribution >= 0.6 is 0 Å². The average molecular weight is 345 g/mol. The monoisotopic (exact) mass is 345 g/mol. The number of benzene rings is 1. The maximum absolute atomic E-state index is 12.4. The van der Waals surface area contributed by atoms with Crippen molar-refractivity contribution in [1.82, 2.24) is 16.0 Å². The first-order chi connectivity index (χ1) is 12.0. The van der Waals surface area contributed by atoms with E-state index >= 15 is 0 Å². The van der Waals surface area contributed by atoms with Crippen LogP contribution in [0, 0.1) is 6.92 Å². The highest BCUT2D eigenvalue weighted by atomic mass is 16.5. The highest BCUT2D eigenvalue weighted by Crippen LogP contribution is 2.19. The van der Waals surface area contributed by atoms with E-state index in [-0.39, 0.29) is 24.1 Å². The van der Waals surface area contributed by atoms with Crippen molar-refractivity contribution in [1.29, 1.82) is 0 Å². The van der Waals surface area contributed by atoms with Gasteiger partial charge in [-0.3, -0.25) is 0 Å². The number of hydrogen-bond acceptors (Lipinski definition) is 4. The van der Waals surface area contributed by atoms with Gasteiger partial charge in [-0.1, -0.05) is 31.2 Å². The Balaban J connectivity index is 2.21. The van der Waals surface area contributed by atoms with E-state index < -0.39 is 0 Å². The molecule has 0 aromatic heterocycles. The van der Waals surface area contributed by atoms with Crippen LogP contribution in [0.5, 0.6) is 0 Å². The van der Waals surface area contributed by atoms with E-state index in [1.807, 2.05) is 19.1 Å². The molecule has 25 heavy (non-hydrogen) atoms. The minimum atomic E-state index is -0.387. The van der Waals surface area contributed by atoms with E-state index in [9.17, 15) is 9.59 Å². The molecule has 6 nitrogen and oxygen atoms in total. The minimum Gasteiger partial charge on any atom is -0.463 e. The Morgan fingerprint density at radius 3 is 2.68 bits per heavy atom. The molecular formula is C19H27N3O3. The molecule has 2 atom stereocenters. The third-order valence-corrected chi connectivity index (χ3v) is 4.39. The van der Waals surface area contributed by atoms with Crippen LogP contribution in [0.1, 0.15) is 44.4 Å². The molecule has 1 aliphatic heterocycles. The molecule has 3 N–H and O–H groups in total. The van der Waals surface area contributed by atoms with Crippen molar-refractivity contribution in [3.8, 4) is 0 Å². The highest BCUT2D eigenvalue weighted by Gasteiger charge is 2.31. The number of carbonyl (C=O) groups excluding carboxylic acids is 2. The first kappa shape index (κ1) is 19.0. The topological polar surface area (TPSA) is 79.5 Å². The summed E-state index contributed by atoms with van der Waals surface area (Å²) in [6.07, 6.45) is 0.623. The number of ether oxygens (including phenoxy) is 1. The summed E-state index contributed by atoms with van der Waals surface area (Å²) in [5.41, 5.74) is 3.46. The van der Waals surface area contributed by atoms with Gasteiger partial charge in [-0.25, -0.2) is 9.59 Å². The maximum Gasteiger partial charge on any atom is 0.337 e. The largest absolute Gasteiger partial charge is 0.463 e. The number of rotatable bonds is 7. The molecule has 1 aromatic carbocycles. The smallest absolute Gasteiger partial charge is 0.337 e. The van der Waals surface area contributed by atoms with Crippen LogP contribution in [-0.2, 0) is 9.53 Å². The molecule has 0 unspecified atom stereocenters. The van der Waals surface area contributed by atoms with E-state index in [0.717, 1.165) is 0 Å². The number of hydrogen-bond donors (Lipinski definition) is 3. The van der Waals surface area contributed by atoms with Gasteiger partial charge in [0, 0.05) is 18.3 Å². The van der Waals surface area contributed by atoms with Gasteiger partial charge in [-0.15, -0.1) is 0 Å². The predicted molar refractivity (Wildman–Crippen MR) is 97.0 cm³/mol. The molecule has 0 saturated carbocycles. The van der Waals surface area contributed by atoms with Crippen LogP contribution in [0.2, 0.25) is 0 Å². The lowest BCUT2D eigenvalue weighted by Crippen LogP contribution is -2.52. The number of aryl methyl sites for hydroxylation is 1. The van der Waals surface area contributed by atoms with Crippen LogP contribution in [0.25, 0.3) is 0 Å². The summed E-state index contributed by atoms with van der Waals surface area (Å²) in [4.78, 5) is 24.3. The summed E-state index contributed by atoms with van der Waals surface area (Å²) < 4.78 is 5.17. The average Bonchev–Trinajstić information content (AvgIpc) is 2.59. The van der Waals surface area contributed by atoms with Gasteiger partial charge >= 0.3 is 12.0 Å². The van der Waals surface area contributed by atoms with Gasteiger partial charge in [0.2, 0.25) is 0 Å². The van der Waals surface area contributed by atoms with Crippen LogP contribution in [0.15, 0.2) is 35.5 Å². The molecule has 0 saturated heterocycles. The lowest BCUT2D eigenvalue weighted by Gasteiger charge is -2.29. The van der Waals surface area contributed by atoms with E-state index in [1.165, 1.54) is 11.1 Å². The summed E-state index contributed by atoms with van der Waals surface area (Å²) in [7, 11) is 0. The lowest BCUT2D eigenvalue weighted by atomic mass is 9.99. The van der Waals surface area contributed by atoms with Crippen LogP contribution in [0.3, 0.4) is 0 Å².